The third-order valence-electron chi connectivity index (χ3n) is 2.82. The number of aromatic carboxylic acids is 1. The Labute approximate surface area is 125 Å². The molecular weight excluding hydrogens is 292 g/mol. The highest BCUT2D eigenvalue weighted by atomic mass is 32.1. The summed E-state index contributed by atoms with van der Waals surface area (Å²) in [4.78, 5) is 24.7. The molecule has 0 saturated carbocycles. The van der Waals surface area contributed by atoms with Crippen LogP contribution in [0.1, 0.15) is 17.3 Å². The van der Waals surface area contributed by atoms with E-state index >= 15 is 0 Å². The summed E-state index contributed by atoms with van der Waals surface area (Å²) in [5, 5.41) is 23.0. The van der Waals surface area contributed by atoms with Crippen molar-refractivity contribution < 1.29 is 19.8 Å². The van der Waals surface area contributed by atoms with Crippen molar-refractivity contribution in [1.82, 2.24) is 0 Å². The average Bonchev–Trinajstić information content (AvgIpc) is 2.88. The first-order valence-electron chi connectivity index (χ1n) is 6.21. The van der Waals surface area contributed by atoms with Gasteiger partial charge >= 0.3 is 12.0 Å². The first-order chi connectivity index (χ1) is 10.0. The SMILES string of the molecule is CCN(C(=O)Nc1sccc1C(=O)O)c1cccc(O)c1. The van der Waals surface area contributed by atoms with Crippen LogP contribution in [-0.2, 0) is 0 Å². The number of benzene rings is 1. The summed E-state index contributed by atoms with van der Waals surface area (Å²) < 4.78 is 0. The Bertz CT molecular complexity index is 668. The second-order valence-corrected chi connectivity index (χ2v) is 5.08. The lowest BCUT2D eigenvalue weighted by Gasteiger charge is -2.21. The van der Waals surface area contributed by atoms with Crippen molar-refractivity contribution in [1.29, 1.82) is 0 Å². The van der Waals surface area contributed by atoms with Crippen LogP contribution < -0.4 is 10.2 Å². The van der Waals surface area contributed by atoms with E-state index in [-0.39, 0.29) is 16.3 Å². The number of carboxylic acid groups (broad SMARTS) is 1. The summed E-state index contributed by atoms with van der Waals surface area (Å²) >= 11 is 1.14. The molecule has 3 N–H and O–H groups in total. The van der Waals surface area contributed by atoms with Gasteiger partial charge in [-0.1, -0.05) is 6.07 Å². The second kappa shape index (κ2) is 6.27. The summed E-state index contributed by atoms with van der Waals surface area (Å²) in [6.45, 7) is 2.17. The number of anilines is 2. The number of hydrogen-bond acceptors (Lipinski definition) is 4. The molecule has 0 fully saturated rings. The number of aromatic hydroxyl groups is 1. The normalized spacial score (nSPS) is 10.1. The highest BCUT2D eigenvalue weighted by Crippen LogP contribution is 2.25. The van der Waals surface area contributed by atoms with Crippen molar-refractivity contribution in [2.24, 2.45) is 0 Å². The lowest BCUT2D eigenvalue weighted by atomic mass is 10.2. The quantitative estimate of drug-likeness (QED) is 0.809. The number of carboxylic acids is 1. The topological polar surface area (TPSA) is 89.9 Å². The highest BCUT2D eigenvalue weighted by Gasteiger charge is 2.18. The van der Waals surface area contributed by atoms with Crippen LogP contribution in [-0.4, -0.2) is 28.8 Å². The number of carbonyl (C=O) groups excluding carboxylic acids is 1. The fourth-order valence-electron chi connectivity index (χ4n) is 1.84. The molecule has 21 heavy (non-hydrogen) atoms. The van der Waals surface area contributed by atoms with Crippen LogP contribution in [0.3, 0.4) is 0 Å². The molecule has 7 heteroatoms. The molecule has 0 atom stereocenters. The summed E-state index contributed by atoms with van der Waals surface area (Å²) in [6.07, 6.45) is 0. The fourth-order valence-corrected chi connectivity index (χ4v) is 2.61. The lowest BCUT2D eigenvalue weighted by molar-refractivity contribution is 0.0698. The minimum Gasteiger partial charge on any atom is -0.508 e. The van der Waals surface area contributed by atoms with E-state index in [1.807, 2.05) is 0 Å². The number of hydrogen-bond donors (Lipinski definition) is 3. The minimum atomic E-state index is -1.09. The van der Waals surface area contributed by atoms with E-state index in [1.165, 1.54) is 23.1 Å². The Morgan fingerprint density at radius 3 is 2.71 bits per heavy atom. The Morgan fingerprint density at radius 2 is 2.10 bits per heavy atom. The number of carbonyl (C=O) groups is 2. The molecule has 0 radical (unpaired) electrons. The smallest absolute Gasteiger partial charge is 0.338 e. The van der Waals surface area contributed by atoms with Gasteiger partial charge in [0.1, 0.15) is 10.8 Å². The number of thiophene rings is 1. The predicted molar refractivity (Wildman–Crippen MR) is 81.4 cm³/mol. The molecule has 110 valence electrons. The van der Waals surface area contributed by atoms with Crippen LogP contribution in [0.15, 0.2) is 35.7 Å². The highest BCUT2D eigenvalue weighted by molar-refractivity contribution is 7.14. The van der Waals surface area contributed by atoms with Crippen LogP contribution in [0.5, 0.6) is 5.75 Å². The van der Waals surface area contributed by atoms with Crippen LogP contribution in [0, 0.1) is 0 Å². The number of nitrogens with zero attached hydrogens (tertiary/aromatic N) is 1. The van der Waals surface area contributed by atoms with Crippen LogP contribution >= 0.6 is 11.3 Å². The fraction of sp³-hybridized carbons (Fsp3) is 0.143. The third kappa shape index (κ3) is 3.32. The molecule has 1 aromatic carbocycles. The summed E-state index contributed by atoms with van der Waals surface area (Å²) in [6, 6.07) is 7.29. The van der Waals surface area contributed by atoms with Crippen molar-refractivity contribution in [3.63, 3.8) is 0 Å². The molecule has 2 aromatic rings. The zero-order valence-corrected chi connectivity index (χ0v) is 12.1. The van der Waals surface area contributed by atoms with Crippen LogP contribution in [0.25, 0.3) is 0 Å². The number of urea groups is 1. The van der Waals surface area contributed by atoms with Crippen molar-refractivity contribution in [2.75, 3.05) is 16.8 Å². The van der Waals surface area contributed by atoms with Gasteiger partial charge in [-0.15, -0.1) is 11.3 Å². The van der Waals surface area contributed by atoms with E-state index in [4.69, 9.17) is 5.11 Å². The van der Waals surface area contributed by atoms with Crippen molar-refractivity contribution in [2.45, 2.75) is 6.92 Å². The van der Waals surface area contributed by atoms with Gasteiger partial charge in [-0.25, -0.2) is 9.59 Å². The molecular formula is C14H14N2O4S. The zero-order valence-electron chi connectivity index (χ0n) is 11.2. The van der Waals surface area contributed by atoms with Crippen LogP contribution in [0.2, 0.25) is 0 Å². The lowest BCUT2D eigenvalue weighted by Crippen LogP contribution is -2.34. The van der Waals surface area contributed by atoms with Gasteiger partial charge in [0.2, 0.25) is 0 Å². The van der Waals surface area contributed by atoms with Gasteiger partial charge in [-0.3, -0.25) is 10.2 Å². The van der Waals surface area contributed by atoms with Gasteiger partial charge in [0.25, 0.3) is 0 Å². The molecule has 0 saturated heterocycles. The zero-order chi connectivity index (χ0) is 15.4. The summed E-state index contributed by atoms with van der Waals surface area (Å²) in [5.74, 6) is -1.03. The summed E-state index contributed by atoms with van der Waals surface area (Å²) in [5.41, 5.74) is 0.587. The molecule has 1 aromatic heterocycles. The molecule has 2 amide bonds. The molecule has 0 bridgehead atoms. The van der Waals surface area contributed by atoms with E-state index in [0.717, 1.165) is 11.3 Å². The van der Waals surface area contributed by atoms with Gasteiger partial charge in [-0.05, 0) is 30.5 Å². The largest absolute Gasteiger partial charge is 0.508 e. The average molecular weight is 306 g/mol. The molecule has 6 nitrogen and oxygen atoms in total. The van der Waals surface area contributed by atoms with E-state index in [0.29, 0.717) is 12.2 Å². The van der Waals surface area contributed by atoms with E-state index < -0.39 is 12.0 Å². The minimum absolute atomic E-state index is 0.0558. The maximum absolute atomic E-state index is 12.3. The third-order valence-corrected chi connectivity index (χ3v) is 3.65. The standard InChI is InChI=1S/C14H14N2O4S/c1-2-16(9-4-3-5-10(17)8-9)14(20)15-12-11(13(18)19)6-7-21-12/h3-8,17H,2H2,1H3,(H,15,20)(H,18,19). The molecule has 0 aliphatic heterocycles. The van der Waals surface area contributed by atoms with E-state index in [1.54, 1.807) is 24.4 Å². The van der Waals surface area contributed by atoms with Crippen molar-refractivity contribution >= 4 is 34.0 Å². The Morgan fingerprint density at radius 1 is 1.33 bits per heavy atom. The molecule has 0 spiro atoms. The van der Waals surface area contributed by atoms with Gasteiger partial charge in [0.05, 0.1) is 5.56 Å². The Kier molecular flexibility index (Phi) is 4.44. The first-order valence-corrected chi connectivity index (χ1v) is 7.09. The Balaban J connectivity index is 2.21. The number of rotatable bonds is 4. The maximum atomic E-state index is 12.3. The van der Waals surface area contributed by atoms with Gasteiger partial charge in [0, 0.05) is 18.3 Å². The number of phenolic OH excluding ortho intramolecular Hbond substituents is 1. The number of phenols is 1. The van der Waals surface area contributed by atoms with Crippen molar-refractivity contribution in [3.05, 3.63) is 41.3 Å². The molecule has 2 rings (SSSR count). The predicted octanol–water partition coefficient (Wildman–Crippen LogP) is 3.21. The molecule has 0 unspecified atom stereocenters. The van der Waals surface area contributed by atoms with Gasteiger partial charge < -0.3 is 10.2 Å². The number of nitrogens with one attached hydrogen (secondary N) is 1. The number of amides is 2. The van der Waals surface area contributed by atoms with Crippen LogP contribution in [0.4, 0.5) is 15.5 Å². The first kappa shape index (κ1) is 14.9. The Hall–Kier alpha value is -2.54. The van der Waals surface area contributed by atoms with Gasteiger partial charge in [0.15, 0.2) is 0 Å². The molecule has 0 aliphatic carbocycles. The van der Waals surface area contributed by atoms with E-state index in [9.17, 15) is 14.7 Å². The van der Waals surface area contributed by atoms with E-state index in [2.05, 4.69) is 5.32 Å². The second-order valence-electron chi connectivity index (χ2n) is 4.16. The van der Waals surface area contributed by atoms with Crippen molar-refractivity contribution in [3.8, 4) is 5.75 Å². The monoisotopic (exact) mass is 306 g/mol. The molecule has 0 aliphatic rings. The maximum Gasteiger partial charge on any atom is 0.338 e. The summed E-state index contributed by atoms with van der Waals surface area (Å²) in [7, 11) is 0. The molecule has 1 heterocycles. The van der Waals surface area contributed by atoms with Gasteiger partial charge in [-0.2, -0.15) is 0 Å².